The van der Waals surface area contributed by atoms with Crippen molar-refractivity contribution in [2.24, 2.45) is 0 Å². The summed E-state index contributed by atoms with van der Waals surface area (Å²) in [5, 5.41) is 4.41. The highest BCUT2D eigenvalue weighted by molar-refractivity contribution is 5.86. The molecule has 2 fully saturated rings. The van der Waals surface area contributed by atoms with Gasteiger partial charge >= 0.3 is 0 Å². The average molecular weight is 589 g/mol. The van der Waals surface area contributed by atoms with E-state index < -0.39 is 0 Å². The Bertz CT molecular complexity index is 1500. The fourth-order valence-corrected chi connectivity index (χ4v) is 4.72. The Kier molecular flexibility index (Phi) is 9.48. The lowest BCUT2D eigenvalue weighted by Crippen LogP contribution is -2.27. The second-order valence-electron chi connectivity index (χ2n) is 11.4. The van der Waals surface area contributed by atoms with Gasteiger partial charge in [-0.1, -0.05) is 24.3 Å². The first-order valence-corrected chi connectivity index (χ1v) is 15.1. The van der Waals surface area contributed by atoms with Crippen molar-refractivity contribution in [2.45, 2.75) is 51.3 Å². The number of hydrogen-bond donors (Lipinski definition) is 0. The fourth-order valence-electron chi connectivity index (χ4n) is 4.72. The molecule has 0 N–H and O–H groups in total. The summed E-state index contributed by atoms with van der Waals surface area (Å²) < 4.78 is 46.1. The lowest BCUT2D eigenvalue weighted by Gasteiger charge is -2.20. The SMILES string of the molecule is CC(COCC(C)Oc1ccc2cc(OCC3CO3)ccc2c1)OCC(C)Oc1ccc2cc(OCC3CO3)ccc2c1. The molecule has 0 saturated carbocycles. The van der Waals surface area contributed by atoms with Crippen LogP contribution in [-0.2, 0) is 18.9 Å². The molecule has 228 valence electrons. The summed E-state index contributed by atoms with van der Waals surface area (Å²) in [4.78, 5) is 0. The zero-order chi connectivity index (χ0) is 29.6. The van der Waals surface area contributed by atoms with E-state index in [0.717, 1.165) is 57.8 Å². The molecule has 0 bridgehead atoms. The molecule has 0 amide bonds. The fraction of sp³-hybridized carbons (Fsp3) is 0.429. The van der Waals surface area contributed by atoms with Gasteiger partial charge in [-0.25, -0.2) is 0 Å². The van der Waals surface area contributed by atoms with E-state index in [1.165, 1.54) is 0 Å². The van der Waals surface area contributed by atoms with Gasteiger partial charge in [-0.2, -0.15) is 0 Å². The molecule has 5 atom stereocenters. The van der Waals surface area contributed by atoms with Crippen molar-refractivity contribution in [3.63, 3.8) is 0 Å². The third-order valence-electron chi connectivity index (χ3n) is 7.24. The van der Waals surface area contributed by atoms with Crippen LogP contribution in [0.15, 0.2) is 72.8 Å². The van der Waals surface area contributed by atoms with E-state index in [0.29, 0.717) is 33.0 Å². The quantitative estimate of drug-likeness (QED) is 0.135. The van der Waals surface area contributed by atoms with Crippen LogP contribution in [0.5, 0.6) is 23.0 Å². The molecule has 0 radical (unpaired) electrons. The molecule has 4 aromatic rings. The molecule has 0 aliphatic carbocycles. The Morgan fingerprint density at radius 2 is 0.953 bits per heavy atom. The molecule has 2 aliphatic rings. The standard InChI is InChI=1S/C35H40O8/c1-23(37-18-25(3)43-33-11-7-27-13-31(9-5-29(27)15-33)39-20-35-22-41-35)16-36-17-24(2)42-32-10-6-26-12-30(8-4-28(26)14-32)38-19-34-21-40-34/h4-15,23-25,34-35H,16-22H2,1-3H3. The van der Waals surface area contributed by atoms with Crippen LogP contribution in [0.3, 0.4) is 0 Å². The Hall–Kier alpha value is -3.56. The Balaban J connectivity index is 0.883. The number of rotatable bonds is 17. The van der Waals surface area contributed by atoms with Gasteiger partial charge in [0.2, 0.25) is 0 Å². The van der Waals surface area contributed by atoms with Gasteiger partial charge in [0, 0.05) is 0 Å². The highest BCUT2D eigenvalue weighted by Crippen LogP contribution is 2.28. The lowest BCUT2D eigenvalue weighted by molar-refractivity contribution is -0.0428. The maximum absolute atomic E-state index is 6.11. The van der Waals surface area contributed by atoms with Gasteiger partial charge in [0.25, 0.3) is 0 Å². The highest BCUT2D eigenvalue weighted by Gasteiger charge is 2.23. The van der Waals surface area contributed by atoms with E-state index in [1.807, 2.05) is 87.5 Å². The van der Waals surface area contributed by atoms with Crippen LogP contribution in [-0.4, -0.2) is 76.8 Å². The largest absolute Gasteiger partial charge is 0.491 e. The Morgan fingerprint density at radius 1 is 0.558 bits per heavy atom. The molecule has 2 aliphatic heterocycles. The minimum atomic E-state index is -0.105. The summed E-state index contributed by atoms with van der Waals surface area (Å²) in [5.41, 5.74) is 0. The zero-order valence-corrected chi connectivity index (χ0v) is 25.0. The van der Waals surface area contributed by atoms with Crippen LogP contribution < -0.4 is 18.9 Å². The predicted octanol–water partition coefficient (Wildman–Crippen LogP) is 6.20. The summed E-state index contributed by atoms with van der Waals surface area (Å²) in [6, 6.07) is 24.3. The lowest BCUT2D eigenvalue weighted by atomic mass is 10.1. The van der Waals surface area contributed by atoms with E-state index in [9.17, 15) is 0 Å². The molecule has 8 heteroatoms. The second kappa shape index (κ2) is 13.8. The monoisotopic (exact) mass is 588 g/mol. The molecule has 2 saturated heterocycles. The number of hydrogen-bond acceptors (Lipinski definition) is 8. The van der Waals surface area contributed by atoms with Crippen molar-refractivity contribution in [2.75, 3.05) is 46.2 Å². The van der Waals surface area contributed by atoms with E-state index in [-0.39, 0.29) is 30.5 Å². The van der Waals surface area contributed by atoms with E-state index in [4.69, 9.17) is 37.9 Å². The number of fused-ring (bicyclic) bond motifs is 2. The molecular formula is C35H40O8. The number of ether oxygens (including phenoxy) is 8. The Labute approximate surface area is 252 Å². The zero-order valence-electron chi connectivity index (χ0n) is 25.0. The van der Waals surface area contributed by atoms with Gasteiger partial charge in [0.15, 0.2) is 0 Å². The maximum atomic E-state index is 6.11. The van der Waals surface area contributed by atoms with Crippen LogP contribution >= 0.6 is 0 Å². The van der Waals surface area contributed by atoms with Gasteiger partial charge < -0.3 is 37.9 Å². The summed E-state index contributed by atoms with van der Waals surface area (Å²) in [7, 11) is 0. The van der Waals surface area contributed by atoms with Crippen LogP contribution in [0, 0.1) is 0 Å². The molecule has 43 heavy (non-hydrogen) atoms. The third kappa shape index (κ3) is 8.97. The smallest absolute Gasteiger partial charge is 0.120 e. The molecule has 6 rings (SSSR count). The first-order valence-electron chi connectivity index (χ1n) is 15.1. The molecule has 4 aromatic carbocycles. The van der Waals surface area contributed by atoms with E-state index >= 15 is 0 Å². The first-order chi connectivity index (χ1) is 21.0. The first kappa shape index (κ1) is 29.5. The molecule has 2 heterocycles. The van der Waals surface area contributed by atoms with Crippen LogP contribution in [0.2, 0.25) is 0 Å². The topological polar surface area (TPSA) is 80.4 Å². The molecule has 8 nitrogen and oxygen atoms in total. The highest BCUT2D eigenvalue weighted by atomic mass is 16.6. The average Bonchev–Trinajstić information content (AvgIpc) is 3.94. The molecular weight excluding hydrogens is 548 g/mol. The van der Waals surface area contributed by atoms with Crippen molar-refractivity contribution < 1.29 is 37.9 Å². The number of benzene rings is 4. The van der Waals surface area contributed by atoms with Gasteiger partial charge in [0.1, 0.15) is 60.6 Å². The maximum Gasteiger partial charge on any atom is 0.120 e. The minimum absolute atomic E-state index is 0.0714. The van der Waals surface area contributed by atoms with Crippen LogP contribution in [0.1, 0.15) is 20.8 Å². The summed E-state index contributed by atoms with van der Waals surface area (Å²) in [6.45, 7) is 10.2. The van der Waals surface area contributed by atoms with Crippen LogP contribution in [0.25, 0.3) is 21.5 Å². The second-order valence-corrected chi connectivity index (χ2v) is 11.4. The van der Waals surface area contributed by atoms with Gasteiger partial charge in [-0.05, 0) is 90.8 Å². The molecule has 0 spiro atoms. The van der Waals surface area contributed by atoms with Gasteiger partial charge in [-0.3, -0.25) is 0 Å². The Morgan fingerprint density at radius 3 is 1.42 bits per heavy atom. The van der Waals surface area contributed by atoms with Crippen molar-refractivity contribution in [1.29, 1.82) is 0 Å². The van der Waals surface area contributed by atoms with E-state index in [2.05, 4.69) is 6.07 Å². The number of epoxide rings is 2. The summed E-state index contributed by atoms with van der Waals surface area (Å²) >= 11 is 0. The third-order valence-corrected chi connectivity index (χ3v) is 7.24. The van der Waals surface area contributed by atoms with Crippen molar-refractivity contribution in [1.82, 2.24) is 0 Å². The molecule has 5 unspecified atom stereocenters. The van der Waals surface area contributed by atoms with Crippen molar-refractivity contribution in [3.8, 4) is 23.0 Å². The predicted molar refractivity (Wildman–Crippen MR) is 165 cm³/mol. The van der Waals surface area contributed by atoms with Crippen LogP contribution in [0.4, 0.5) is 0 Å². The molecule has 0 aromatic heterocycles. The summed E-state index contributed by atoms with van der Waals surface area (Å²) in [5.74, 6) is 3.32. The van der Waals surface area contributed by atoms with Crippen molar-refractivity contribution in [3.05, 3.63) is 72.8 Å². The van der Waals surface area contributed by atoms with Gasteiger partial charge in [-0.15, -0.1) is 0 Å². The minimum Gasteiger partial charge on any atom is -0.491 e. The normalized spacial score (nSPS) is 19.5. The van der Waals surface area contributed by atoms with E-state index in [1.54, 1.807) is 0 Å². The van der Waals surface area contributed by atoms with Gasteiger partial charge in [0.05, 0.1) is 39.1 Å². The van der Waals surface area contributed by atoms with Crippen molar-refractivity contribution >= 4 is 21.5 Å². The summed E-state index contributed by atoms with van der Waals surface area (Å²) in [6.07, 6.45) is 0.207.